The van der Waals surface area contributed by atoms with Gasteiger partial charge in [0.25, 0.3) is 0 Å². The van der Waals surface area contributed by atoms with Gasteiger partial charge in [0.1, 0.15) is 11.0 Å². The van der Waals surface area contributed by atoms with Crippen molar-refractivity contribution in [3.05, 3.63) is 18.2 Å². The van der Waals surface area contributed by atoms with E-state index in [0.717, 1.165) is 23.9 Å². The zero-order valence-corrected chi connectivity index (χ0v) is 8.53. The molecule has 0 aliphatic heterocycles. The number of hydrogen-bond acceptors (Lipinski definition) is 4. The Morgan fingerprint density at radius 3 is 2.88 bits per heavy atom. The van der Waals surface area contributed by atoms with Gasteiger partial charge in [-0.25, -0.2) is 0 Å². The van der Waals surface area contributed by atoms with Gasteiger partial charge >= 0.3 is 0 Å². The fourth-order valence-corrected chi connectivity index (χ4v) is 1.54. The monoisotopic (exact) mass is 217 g/mol. The fourth-order valence-electron chi connectivity index (χ4n) is 1.54. The number of H-pyrrole nitrogens is 1. The van der Waals surface area contributed by atoms with E-state index in [1.807, 2.05) is 0 Å². The number of aromatic amines is 1. The number of nitrogens with zero attached hydrogens (tertiary/aromatic N) is 2. The summed E-state index contributed by atoms with van der Waals surface area (Å²) in [6.45, 7) is 0. The van der Waals surface area contributed by atoms with Crippen LogP contribution in [0.3, 0.4) is 0 Å². The van der Waals surface area contributed by atoms with Crippen LogP contribution in [0.1, 0.15) is 12.8 Å². The highest BCUT2D eigenvalue weighted by molar-refractivity contribution is 6.00. The second kappa shape index (κ2) is 3.02. The van der Waals surface area contributed by atoms with Crippen molar-refractivity contribution in [2.75, 3.05) is 5.32 Å². The Hall–Kier alpha value is -1.95. The highest BCUT2D eigenvalue weighted by Crippen LogP contribution is 2.33. The number of anilines is 1. The van der Waals surface area contributed by atoms with E-state index in [9.17, 15) is 4.79 Å². The maximum Gasteiger partial charge on any atom is 0.244 e. The largest absolute Gasteiger partial charge is 0.324 e. The number of hydrogen-bond donors (Lipinski definition) is 3. The molecule has 1 saturated carbocycles. The Labute approximate surface area is 91.2 Å². The molecule has 1 amide bonds. The summed E-state index contributed by atoms with van der Waals surface area (Å²) < 4.78 is 0. The SMILES string of the molecule is NC1(C(=O)Nc2ccc3n[nH]nc3c2)CC1. The van der Waals surface area contributed by atoms with Crippen molar-refractivity contribution in [3.63, 3.8) is 0 Å². The predicted octanol–water partition coefficient (Wildman–Crippen LogP) is 0.388. The molecule has 4 N–H and O–H groups in total. The number of fused-ring (bicyclic) bond motifs is 1. The maximum atomic E-state index is 11.7. The van der Waals surface area contributed by atoms with Crippen molar-refractivity contribution in [3.8, 4) is 0 Å². The second-order valence-corrected chi connectivity index (χ2v) is 4.14. The van der Waals surface area contributed by atoms with Crippen LogP contribution in [0.2, 0.25) is 0 Å². The van der Waals surface area contributed by atoms with Gasteiger partial charge in [0, 0.05) is 5.69 Å². The van der Waals surface area contributed by atoms with Crippen molar-refractivity contribution in [1.82, 2.24) is 15.4 Å². The number of nitrogens with one attached hydrogen (secondary N) is 2. The van der Waals surface area contributed by atoms with E-state index in [1.165, 1.54) is 0 Å². The molecule has 82 valence electrons. The minimum atomic E-state index is -0.654. The second-order valence-electron chi connectivity index (χ2n) is 4.14. The fraction of sp³-hybridized carbons (Fsp3) is 0.300. The van der Waals surface area contributed by atoms with Crippen LogP contribution in [0, 0.1) is 0 Å². The van der Waals surface area contributed by atoms with E-state index in [-0.39, 0.29) is 5.91 Å². The van der Waals surface area contributed by atoms with Gasteiger partial charge < -0.3 is 11.1 Å². The van der Waals surface area contributed by atoms with E-state index in [0.29, 0.717) is 5.69 Å². The average Bonchev–Trinajstić information content (AvgIpc) is 2.87. The molecule has 1 fully saturated rings. The lowest BCUT2D eigenvalue weighted by molar-refractivity contribution is -0.118. The third-order valence-corrected chi connectivity index (χ3v) is 2.82. The Morgan fingerprint density at radius 2 is 2.12 bits per heavy atom. The quantitative estimate of drug-likeness (QED) is 0.677. The normalized spacial score (nSPS) is 17.3. The first kappa shape index (κ1) is 9.29. The van der Waals surface area contributed by atoms with Crippen molar-refractivity contribution in [2.24, 2.45) is 5.73 Å². The van der Waals surface area contributed by atoms with Crippen molar-refractivity contribution in [2.45, 2.75) is 18.4 Å². The summed E-state index contributed by atoms with van der Waals surface area (Å²) in [6.07, 6.45) is 1.51. The van der Waals surface area contributed by atoms with E-state index in [2.05, 4.69) is 20.7 Å². The van der Waals surface area contributed by atoms with Gasteiger partial charge in [0.05, 0.1) is 5.54 Å². The van der Waals surface area contributed by atoms with Gasteiger partial charge in [-0.2, -0.15) is 15.4 Å². The highest BCUT2D eigenvalue weighted by Gasteiger charge is 2.45. The summed E-state index contributed by atoms with van der Waals surface area (Å²) in [7, 11) is 0. The van der Waals surface area contributed by atoms with Crippen molar-refractivity contribution in [1.29, 1.82) is 0 Å². The van der Waals surface area contributed by atoms with Gasteiger partial charge in [-0.3, -0.25) is 4.79 Å². The lowest BCUT2D eigenvalue weighted by Crippen LogP contribution is -2.37. The van der Waals surface area contributed by atoms with E-state index >= 15 is 0 Å². The van der Waals surface area contributed by atoms with Crippen LogP contribution >= 0.6 is 0 Å². The number of benzene rings is 1. The molecule has 6 heteroatoms. The molecule has 1 aliphatic carbocycles. The highest BCUT2D eigenvalue weighted by atomic mass is 16.2. The van der Waals surface area contributed by atoms with Crippen molar-refractivity contribution >= 4 is 22.6 Å². The number of carbonyl (C=O) groups excluding carboxylic acids is 1. The number of carbonyl (C=O) groups is 1. The Balaban J connectivity index is 1.86. The molecule has 16 heavy (non-hydrogen) atoms. The molecular formula is C10H11N5O. The molecule has 3 rings (SSSR count). The molecule has 0 radical (unpaired) electrons. The molecule has 0 unspecified atom stereocenters. The average molecular weight is 217 g/mol. The Kier molecular flexibility index (Phi) is 1.75. The summed E-state index contributed by atoms with van der Waals surface area (Å²) in [5.41, 5.74) is 7.32. The number of aromatic nitrogens is 3. The van der Waals surface area contributed by atoms with Crippen LogP contribution in [-0.4, -0.2) is 26.9 Å². The smallest absolute Gasteiger partial charge is 0.244 e. The van der Waals surface area contributed by atoms with Gasteiger partial charge in [0.2, 0.25) is 5.91 Å². The molecule has 0 atom stereocenters. The van der Waals surface area contributed by atoms with Crippen LogP contribution in [0.5, 0.6) is 0 Å². The Morgan fingerprint density at radius 1 is 1.38 bits per heavy atom. The number of nitrogens with two attached hydrogens (primary N) is 1. The third kappa shape index (κ3) is 1.43. The molecule has 6 nitrogen and oxygen atoms in total. The summed E-state index contributed by atoms with van der Waals surface area (Å²) in [6, 6.07) is 5.35. The van der Waals surface area contributed by atoms with Gasteiger partial charge in [-0.1, -0.05) is 0 Å². The number of amides is 1. The summed E-state index contributed by atoms with van der Waals surface area (Å²) >= 11 is 0. The lowest BCUT2D eigenvalue weighted by Gasteiger charge is -2.09. The first-order chi connectivity index (χ1) is 7.67. The number of rotatable bonds is 2. The van der Waals surface area contributed by atoms with Crippen LogP contribution in [0.15, 0.2) is 18.2 Å². The topological polar surface area (TPSA) is 96.7 Å². The van der Waals surface area contributed by atoms with Gasteiger partial charge in [0.15, 0.2) is 0 Å². The zero-order valence-electron chi connectivity index (χ0n) is 8.53. The standard InChI is InChI=1S/C10H11N5O/c11-10(3-4-10)9(16)12-6-1-2-7-8(5-6)14-15-13-7/h1-2,5H,3-4,11H2,(H,12,16)(H,13,14,15). The van der Waals surface area contributed by atoms with Crippen LogP contribution in [0.4, 0.5) is 5.69 Å². The Bertz CT molecular complexity index is 557. The zero-order chi connectivity index (χ0) is 11.2. The third-order valence-electron chi connectivity index (χ3n) is 2.82. The molecule has 1 aliphatic rings. The van der Waals surface area contributed by atoms with Crippen LogP contribution in [0.25, 0.3) is 11.0 Å². The predicted molar refractivity (Wildman–Crippen MR) is 58.7 cm³/mol. The van der Waals surface area contributed by atoms with E-state index in [1.54, 1.807) is 18.2 Å². The summed E-state index contributed by atoms with van der Waals surface area (Å²) in [5, 5.41) is 13.2. The van der Waals surface area contributed by atoms with Gasteiger partial charge in [-0.05, 0) is 31.0 Å². The summed E-state index contributed by atoms with van der Waals surface area (Å²) in [4.78, 5) is 11.7. The first-order valence-electron chi connectivity index (χ1n) is 5.08. The molecule has 1 heterocycles. The molecule has 2 aromatic rings. The maximum absolute atomic E-state index is 11.7. The van der Waals surface area contributed by atoms with Crippen LogP contribution in [-0.2, 0) is 4.79 Å². The van der Waals surface area contributed by atoms with Gasteiger partial charge in [-0.15, -0.1) is 0 Å². The van der Waals surface area contributed by atoms with Crippen LogP contribution < -0.4 is 11.1 Å². The molecule has 0 bridgehead atoms. The molecule has 1 aromatic heterocycles. The molecular weight excluding hydrogens is 206 g/mol. The molecule has 0 spiro atoms. The minimum absolute atomic E-state index is 0.129. The molecule has 0 saturated heterocycles. The van der Waals surface area contributed by atoms with Crippen molar-refractivity contribution < 1.29 is 4.79 Å². The summed E-state index contributed by atoms with van der Waals surface area (Å²) in [5.74, 6) is -0.129. The lowest BCUT2D eigenvalue weighted by atomic mass is 10.2. The molecule has 1 aromatic carbocycles. The van der Waals surface area contributed by atoms with E-state index in [4.69, 9.17) is 5.73 Å². The van der Waals surface area contributed by atoms with E-state index < -0.39 is 5.54 Å². The first-order valence-corrected chi connectivity index (χ1v) is 5.08. The minimum Gasteiger partial charge on any atom is -0.324 e.